The van der Waals surface area contributed by atoms with Crippen molar-refractivity contribution in [3.8, 4) is 0 Å². The van der Waals surface area contributed by atoms with Crippen LogP contribution in [0.1, 0.15) is 10.4 Å². The Balaban J connectivity index is 2.39. The average molecular weight is 249 g/mol. The smallest absolute Gasteiger partial charge is 0.324 e. The normalized spacial score (nSPS) is 16.7. The third-order valence-corrected chi connectivity index (χ3v) is 3.68. The molecule has 3 rings (SSSR count). The third-order valence-electron chi connectivity index (χ3n) is 2.85. The fourth-order valence-electron chi connectivity index (χ4n) is 2.15. The molecule has 88 valence electrons. The second-order valence-electron chi connectivity index (χ2n) is 3.93. The van der Waals surface area contributed by atoms with Gasteiger partial charge in [0.15, 0.2) is 0 Å². The van der Waals surface area contributed by atoms with Crippen molar-refractivity contribution in [1.29, 1.82) is 0 Å². The van der Waals surface area contributed by atoms with E-state index < -0.39 is 11.2 Å². The van der Waals surface area contributed by atoms with Gasteiger partial charge in [-0.2, -0.15) is 4.98 Å². The number of nitrogens with zero attached hydrogens (tertiary/aromatic N) is 2. The van der Waals surface area contributed by atoms with E-state index in [4.69, 9.17) is 0 Å². The molecule has 0 aliphatic carbocycles. The summed E-state index contributed by atoms with van der Waals surface area (Å²) in [4.78, 5) is 16.2. The van der Waals surface area contributed by atoms with Crippen LogP contribution in [0.15, 0.2) is 23.4 Å². The molecule has 1 aliphatic heterocycles. The number of hydrogen-bond acceptors (Lipinski definition) is 3. The molecule has 0 saturated heterocycles. The SMILES string of the molecule is C[S+]([O-])c1nc2cccc3c2n1CCNC3=O. The maximum absolute atomic E-state index is 11.8. The van der Waals surface area contributed by atoms with E-state index in [0.717, 1.165) is 11.0 Å². The van der Waals surface area contributed by atoms with Gasteiger partial charge < -0.3 is 9.87 Å². The lowest BCUT2D eigenvalue weighted by molar-refractivity contribution is 0.0956. The number of nitrogens with one attached hydrogen (secondary N) is 1. The van der Waals surface area contributed by atoms with Crippen LogP contribution in [0.25, 0.3) is 11.0 Å². The summed E-state index contributed by atoms with van der Waals surface area (Å²) in [7, 11) is 0. The summed E-state index contributed by atoms with van der Waals surface area (Å²) in [5, 5.41) is 3.35. The fourth-order valence-corrected chi connectivity index (χ4v) is 2.87. The molecule has 1 N–H and O–H groups in total. The standard InChI is InChI=1S/C11H11N3O2S/c1-17(16)11-13-8-4-2-3-7-9(8)14(11)6-5-12-10(7)15/h2-4H,5-6H2,1H3,(H,12,15). The zero-order valence-corrected chi connectivity index (χ0v) is 10.1. The van der Waals surface area contributed by atoms with E-state index in [1.54, 1.807) is 18.4 Å². The maximum atomic E-state index is 11.8. The van der Waals surface area contributed by atoms with Crippen LogP contribution >= 0.6 is 0 Å². The average Bonchev–Trinajstić information content (AvgIpc) is 2.59. The van der Waals surface area contributed by atoms with Gasteiger partial charge in [0, 0.05) is 24.3 Å². The number of hydrogen-bond donors (Lipinski definition) is 1. The lowest BCUT2D eigenvalue weighted by atomic mass is 10.2. The molecule has 0 fully saturated rings. The molecule has 2 heterocycles. The number of amides is 1. The molecule has 17 heavy (non-hydrogen) atoms. The summed E-state index contributed by atoms with van der Waals surface area (Å²) in [6, 6.07) is 5.40. The lowest BCUT2D eigenvalue weighted by Crippen LogP contribution is -2.24. The summed E-state index contributed by atoms with van der Waals surface area (Å²) < 4.78 is 13.5. The Hall–Kier alpha value is -1.53. The van der Waals surface area contributed by atoms with Crippen LogP contribution in [0.5, 0.6) is 0 Å². The van der Waals surface area contributed by atoms with Crippen molar-refractivity contribution in [2.24, 2.45) is 0 Å². The van der Waals surface area contributed by atoms with Gasteiger partial charge >= 0.3 is 5.16 Å². The van der Waals surface area contributed by atoms with Crippen LogP contribution in [0.4, 0.5) is 0 Å². The van der Waals surface area contributed by atoms with E-state index >= 15 is 0 Å². The second kappa shape index (κ2) is 3.75. The summed E-state index contributed by atoms with van der Waals surface area (Å²) in [5.41, 5.74) is 2.11. The zero-order chi connectivity index (χ0) is 12.0. The van der Waals surface area contributed by atoms with Crippen molar-refractivity contribution < 1.29 is 9.35 Å². The highest BCUT2D eigenvalue weighted by Crippen LogP contribution is 2.24. The molecular formula is C11H11N3O2S. The van der Waals surface area contributed by atoms with Gasteiger partial charge in [-0.15, -0.1) is 0 Å². The molecule has 1 aromatic carbocycles. The molecule has 5 nitrogen and oxygen atoms in total. The maximum Gasteiger partial charge on any atom is 0.324 e. The van der Waals surface area contributed by atoms with Gasteiger partial charge in [0.2, 0.25) is 0 Å². The number of imidazole rings is 1. The Morgan fingerprint density at radius 1 is 1.53 bits per heavy atom. The van der Waals surface area contributed by atoms with Crippen molar-refractivity contribution in [2.45, 2.75) is 11.7 Å². The number of carbonyl (C=O) groups excluding carboxylic acids is 1. The van der Waals surface area contributed by atoms with Crippen molar-refractivity contribution >= 4 is 28.1 Å². The summed E-state index contributed by atoms with van der Waals surface area (Å²) in [6.07, 6.45) is 1.60. The van der Waals surface area contributed by atoms with Gasteiger partial charge in [0.05, 0.1) is 16.6 Å². The Kier molecular flexibility index (Phi) is 2.34. The number of benzene rings is 1. The van der Waals surface area contributed by atoms with Gasteiger partial charge in [-0.25, -0.2) is 0 Å². The first-order chi connectivity index (χ1) is 8.18. The Bertz CT molecular complexity index is 606. The van der Waals surface area contributed by atoms with Crippen LogP contribution in [-0.2, 0) is 17.7 Å². The van der Waals surface area contributed by atoms with Crippen LogP contribution in [-0.4, -0.2) is 32.8 Å². The Morgan fingerprint density at radius 3 is 3.12 bits per heavy atom. The molecule has 0 saturated carbocycles. The number of para-hydroxylation sites is 1. The minimum absolute atomic E-state index is 0.0947. The minimum Gasteiger partial charge on any atom is -0.609 e. The second-order valence-corrected chi connectivity index (χ2v) is 5.20. The monoisotopic (exact) mass is 249 g/mol. The van der Waals surface area contributed by atoms with Gasteiger partial charge in [-0.3, -0.25) is 9.36 Å². The fraction of sp³-hybridized carbons (Fsp3) is 0.273. The molecule has 1 atom stereocenters. The van der Waals surface area contributed by atoms with Gasteiger partial charge in [-0.05, 0) is 12.1 Å². The molecule has 0 bridgehead atoms. The first kappa shape index (κ1) is 10.6. The molecule has 6 heteroatoms. The molecule has 1 aromatic heterocycles. The highest BCUT2D eigenvalue weighted by atomic mass is 32.2. The molecule has 0 radical (unpaired) electrons. The quantitative estimate of drug-likeness (QED) is 0.749. The number of rotatable bonds is 1. The summed E-state index contributed by atoms with van der Waals surface area (Å²) in [6.45, 7) is 1.14. The molecule has 0 spiro atoms. The molecule has 1 amide bonds. The Morgan fingerprint density at radius 2 is 2.35 bits per heavy atom. The molecule has 2 aromatic rings. The highest BCUT2D eigenvalue weighted by Gasteiger charge is 2.24. The van der Waals surface area contributed by atoms with Crippen molar-refractivity contribution in [2.75, 3.05) is 12.8 Å². The van der Waals surface area contributed by atoms with E-state index in [9.17, 15) is 9.35 Å². The van der Waals surface area contributed by atoms with Crippen LogP contribution in [0.3, 0.4) is 0 Å². The van der Waals surface area contributed by atoms with Crippen molar-refractivity contribution in [3.05, 3.63) is 23.8 Å². The predicted molar refractivity (Wildman–Crippen MR) is 64.4 cm³/mol. The van der Waals surface area contributed by atoms with E-state index in [1.165, 1.54) is 0 Å². The summed E-state index contributed by atoms with van der Waals surface area (Å²) in [5.74, 6) is -0.0947. The van der Waals surface area contributed by atoms with Crippen LogP contribution in [0.2, 0.25) is 0 Å². The third kappa shape index (κ3) is 1.52. The first-order valence-corrected chi connectivity index (χ1v) is 6.85. The minimum atomic E-state index is -1.15. The van der Waals surface area contributed by atoms with Crippen LogP contribution in [0, 0.1) is 0 Å². The van der Waals surface area contributed by atoms with E-state index in [-0.39, 0.29) is 5.91 Å². The van der Waals surface area contributed by atoms with Crippen LogP contribution < -0.4 is 5.32 Å². The number of aromatic nitrogens is 2. The lowest BCUT2D eigenvalue weighted by Gasteiger charge is -2.06. The molecule has 1 unspecified atom stereocenters. The van der Waals surface area contributed by atoms with Crippen molar-refractivity contribution in [3.63, 3.8) is 0 Å². The van der Waals surface area contributed by atoms with Gasteiger partial charge in [-0.1, -0.05) is 6.07 Å². The number of carbonyl (C=O) groups is 1. The predicted octanol–water partition coefficient (Wildman–Crippen LogP) is 0.517. The summed E-state index contributed by atoms with van der Waals surface area (Å²) >= 11 is -1.15. The zero-order valence-electron chi connectivity index (χ0n) is 9.27. The largest absolute Gasteiger partial charge is 0.609 e. The van der Waals surface area contributed by atoms with Crippen molar-refractivity contribution in [1.82, 2.24) is 14.9 Å². The Labute approximate surface area is 101 Å². The van der Waals surface area contributed by atoms with E-state index in [1.807, 2.05) is 10.6 Å². The van der Waals surface area contributed by atoms with Gasteiger partial charge in [0.1, 0.15) is 6.26 Å². The molecular weight excluding hydrogens is 238 g/mol. The van der Waals surface area contributed by atoms with E-state index in [0.29, 0.717) is 23.8 Å². The van der Waals surface area contributed by atoms with Gasteiger partial charge in [0.25, 0.3) is 5.91 Å². The van der Waals surface area contributed by atoms with E-state index in [2.05, 4.69) is 10.3 Å². The molecule has 1 aliphatic rings. The highest BCUT2D eigenvalue weighted by molar-refractivity contribution is 7.90. The topological polar surface area (TPSA) is 70.0 Å². The first-order valence-electron chi connectivity index (χ1n) is 5.29.